The van der Waals surface area contributed by atoms with Crippen molar-refractivity contribution < 1.29 is 9.15 Å². The Morgan fingerprint density at radius 2 is 2.05 bits per heavy atom. The summed E-state index contributed by atoms with van der Waals surface area (Å²) in [6, 6.07) is 12.0. The fraction of sp³-hybridized carbons (Fsp3) is 0.375. The average Bonchev–Trinajstić information content (AvgIpc) is 2.82. The van der Waals surface area contributed by atoms with Gasteiger partial charge in [-0.1, -0.05) is 19.1 Å². The van der Waals surface area contributed by atoms with E-state index in [4.69, 9.17) is 9.15 Å². The molecule has 1 atom stereocenters. The number of ether oxygens (including phenoxy) is 1. The summed E-state index contributed by atoms with van der Waals surface area (Å²) in [5, 5.41) is 3.44. The molecule has 0 saturated carbocycles. The smallest absolute Gasteiger partial charge is 0.169 e. The van der Waals surface area contributed by atoms with Crippen molar-refractivity contribution in [2.75, 3.05) is 6.54 Å². The number of hydrogen-bond acceptors (Lipinski definition) is 3. The Hall–Kier alpha value is -1.26. The van der Waals surface area contributed by atoms with Gasteiger partial charge in [0.1, 0.15) is 11.5 Å². The van der Waals surface area contributed by atoms with Gasteiger partial charge < -0.3 is 14.5 Å². The molecule has 0 aliphatic heterocycles. The van der Waals surface area contributed by atoms with Gasteiger partial charge in [0.15, 0.2) is 4.67 Å². The van der Waals surface area contributed by atoms with Gasteiger partial charge in [0, 0.05) is 0 Å². The zero-order valence-corrected chi connectivity index (χ0v) is 13.6. The lowest BCUT2D eigenvalue weighted by atomic mass is 10.0. The molecule has 0 aliphatic carbocycles. The Balaban J connectivity index is 2.29. The van der Waals surface area contributed by atoms with Crippen molar-refractivity contribution in [3.63, 3.8) is 0 Å². The van der Waals surface area contributed by atoms with Crippen LogP contribution in [0.25, 0.3) is 0 Å². The molecule has 1 aromatic carbocycles. The molecule has 1 heterocycles. The second kappa shape index (κ2) is 6.95. The first-order valence-corrected chi connectivity index (χ1v) is 7.64. The third-order valence-electron chi connectivity index (χ3n) is 2.85. The standard InChI is InChI=1S/C16H20BrNO2/c1-4-18-16(14-8-9-15(17)20-14)12-6-5-7-13(10-12)19-11(2)3/h5-11,16,18H,4H2,1-3H3. The topological polar surface area (TPSA) is 34.4 Å². The highest BCUT2D eigenvalue weighted by Crippen LogP contribution is 2.28. The van der Waals surface area contributed by atoms with Crippen LogP contribution in [0.5, 0.6) is 5.75 Å². The van der Waals surface area contributed by atoms with Gasteiger partial charge in [-0.25, -0.2) is 0 Å². The zero-order chi connectivity index (χ0) is 14.5. The van der Waals surface area contributed by atoms with E-state index in [1.165, 1.54) is 0 Å². The SMILES string of the molecule is CCNC(c1cccc(OC(C)C)c1)c1ccc(Br)o1. The van der Waals surface area contributed by atoms with E-state index in [0.29, 0.717) is 0 Å². The van der Waals surface area contributed by atoms with Gasteiger partial charge in [-0.15, -0.1) is 0 Å². The number of rotatable bonds is 6. The number of furan rings is 1. The van der Waals surface area contributed by atoms with E-state index in [2.05, 4.69) is 40.3 Å². The minimum atomic E-state index is 0.0296. The van der Waals surface area contributed by atoms with E-state index in [1.807, 2.05) is 38.1 Å². The minimum absolute atomic E-state index is 0.0296. The Morgan fingerprint density at radius 3 is 2.65 bits per heavy atom. The lowest BCUT2D eigenvalue weighted by Crippen LogP contribution is -2.21. The molecule has 0 fully saturated rings. The molecule has 108 valence electrons. The maximum Gasteiger partial charge on any atom is 0.169 e. The molecule has 0 spiro atoms. The Kier molecular flexibility index (Phi) is 5.26. The largest absolute Gasteiger partial charge is 0.491 e. The fourth-order valence-electron chi connectivity index (χ4n) is 2.11. The molecular formula is C16H20BrNO2. The van der Waals surface area contributed by atoms with Crippen LogP contribution in [-0.4, -0.2) is 12.6 Å². The molecule has 0 aliphatic rings. The fourth-order valence-corrected chi connectivity index (χ4v) is 2.43. The van der Waals surface area contributed by atoms with Gasteiger partial charge in [0.05, 0.1) is 12.1 Å². The molecule has 1 N–H and O–H groups in total. The summed E-state index contributed by atoms with van der Waals surface area (Å²) in [5.41, 5.74) is 1.13. The summed E-state index contributed by atoms with van der Waals surface area (Å²) in [7, 11) is 0. The quantitative estimate of drug-likeness (QED) is 0.840. The van der Waals surface area contributed by atoms with E-state index in [1.54, 1.807) is 0 Å². The molecule has 3 nitrogen and oxygen atoms in total. The van der Waals surface area contributed by atoms with Crippen LogP contribution in [0.2, 0.25) is 0 Å². The second-order valence-corrected chi connectivity index (χ2v) is 5.65. The number of hydrogen-bond donors (Lipinski definition) is 1. The maximum absolute atomic E-state index is 5.76. The van der Waals surface area contributed by atoms with Gasteiger partial charge in [-0.3, -0.25) is 0 Å². The van der Waals surface area contributed by atoms with Gasteiger partial charge in [-0.2, -0.15) is 0 Å². The van der Waals surface area contributed by atoms with Crippen LogP contribution in [-0.2, 0) is 0 Å². The lowest BCUT2D eigenvalue weighted by Gasteiger charge is -2.18. The van der Waals surface area contributed by atoms with E-state index in [-0.39, 0.29) is 12.1 Å². The van der Waals surface area contributed by atoms with Crippen molar-refractivity contribution in [1.29, 1.82) is 0 Å². The summed E-state index contributed by atoms with van der Waals surface area (Å²) in [4.78, 5) is 0. The van der Waals surface area contributed by atoms with E-state index in [0.717, 1.165) is 28.3 Å². The van der Waals surface area contributed by atoms with E-state index >= 15 is 0 Å². The third kappa shape index (κ3) is 3.87. The summed E-state index contributed by atoms with van der Waals surface area (Å²) in [6.07, 6.45) is 0.167. The molecule has 1 unspecified atom stereocenters. The van der Waals surface area contributed by atoms with Gasteiger partial charge in [0.25, 0.3) is 0 Å². The van der Waals surface area contributed by atoms with Crippen molar-refractivity contribution in [2.45, 2.75) is 32.9 Å². The summed E-state index contributed by atoms with van der Waals surface area (Å²) >= 11 is 3.35. The molecule has 2 aromatic rings. The monoisotopic (exact) mass is 337 g/mol. The Bertz CT molecular complexity index is 551. The van der Waals surface area contributed by atoms with Crippen LogP contribution in [0.1, 0.15) is 38.1 Å². The highest BCUT2D eigenvalue weighted by atomic mass is 79.9. The van der Waals surface area contributed by atoms with Crippen molar-refractivity contribution in [1.82, 2.24) is 5.32 Å². The molecule has 0 saturated heterocycles. The maximum atomic E-state index is 5.76. The minimum Gasteiger partial charge on any atom is -0.491 e. The first-order valence-electron chi connectivity index (χ1n) is 6.85. The van der Waals surface area contributed by atoms with Gasteiger partial charge >= 0.3 is 0 Å². The zero-order valence-electron chi connectivity index (χ0n) is 12.0. The van der Waals surface area contributed by atoms with Crippen LogP contribution >= 0.6 is 15.9 Å². The molecular weight excluding hydrogens is 318 g/mol. The van der Waals surface area contributed by atoms with Crippen LogP contribution in [0.3, 0.4) is 0 Å². The van der Waals surface area contributed by atoms with Crippen molar-refractivity contribution >= 4 is 15.9 Å². The Labute approximate surface area is 128 Å². The first kappa shape index (κ1) is 15.1. The molecule has 0 bridgehead atoms. The number of halogens is 1. The lowest BCUT2D eigenvalue weighted by molar-refractivity contribution is 0.242. The average molecular weight is 338 g/mol. The van der Waals surface area contributed by atoms with Crippen molar-refractivity contribution in [3.8, 4) is 5.75 Å². The van der Waals surface area contributed by atoms with Crippen LogP contribution in [0.4, 0.5) is 0 Å². The van der Waals surface area contributed by atoms with Crippen LogP contribution in [0.15, 0.2) is 45.5 Å². The summed E-state index contributed by atoms with van der Waals surface area (Å²) < 4.78 is 12.2. The van der Waals surface area contributed by atoms with E-state index in [9.17, 15) is 0 Å². The van der Waals surface area contributed by atoms with E-state index < -0.39 is 0 Å². The number of benzene rings is 1. The molecule has 2 rings (SSSR count). The highest BCUT2D eigenvalue weighted by Gasteiger charge is 2.17. The molecule has 0 radical (unpaired) electrons. The molecule has 0 amide bonds. The molecule has 4 heteroatoms. The Morgan fingerprint density at radius 1 is 1.25 bits per heavy atom. The van der Waals surface area contributed by atoms with Crippen molar-refractivity contribution in [2.24, 2.45) is 0 Å². The van der Waals surface area contributed by atoms with Gasteiger partial charge in [0.2, 0.25) is 0 Å². The third-order valence-corrected chi connectivity index (χ3v) is 3.28. The molecule has 20 heavy (non-hydrogen) atoms. The number of nitrogens with one attached hydrogen (secondary N) is 1. The summed E-state index contributed by atoms with van der Waals surface area (Å²) in [5.74, 6) is 1.77. The van der Waals surface area contributed by atoms with Gasteiger partial charge in [-0.05, 0) is 66.2 Å². The highest BCUT2D eigenvalue weighted by molar-refractivity contribution is 9.10. The second-order valence-electron chi connectivity index (χ2n) is 4.87. The normalized spacial score (nSPS) is 12.7. The van der Waals surface area contributed by atoms with Crippen molar-refractivity contribution in [3.05, 3.63) is 52.4 Å². The predicted molar refractivity (Wildman–Crippen MR) is 84.1 cm³/mol. The summed E-state index contributed by atoms with van der Waals surface area (Å²) in [6.45, 7) is 6.99. The predicted octanol–water partition coefficient (Wildman–Crippen LogP) is 4.53. The molecule has 1 aromatic heterocycles. The van der Waals surface area contributed by atoms with Crippen LogP contribution < -0.4 is 10.1 Å². The first-order chi connectivity index (χ1) is 9.60. The van der Waals surface area contributed by atoms with Crippen LogP contribution in [0, 0.1) is 0 Å².